The molecule has 6 nitrogen and oxygen atoms in total. The van der Waals surface area contributed by atoms with E-state index in [1.54, 1.807) is 11.3 Å². The molecule has 1 aromatic carbocycles. The van der Waals surface area contributed by atoms with E-state index in [-0.39, 0.29) is 24.3 Å². The molecule has 2 amide bonds. The SMILES string of the molecule is NC(=O)C[C@H]1CCCCN1C(=O)c1cc(-c2ccccc2)c(N2CCOCC2)s1. The molecule has 0 bridgehead atoms. The van der Waals surface area contributed by atoms with Crippen molar-refractivity contribution >= 4 is 28.2 Å². The molecule has 154 valence electrons. The molecule has 0 unspecified atom stereocenters. The van der Waals surface area contributed by atoms with Crippen molar-refractivity contribution in [3.8, 4) is 11.1 Å². The Morgan fingerprint density at radius 2 is 1.86 bits per heavy atom. The number of anilines is 1. The number of carbonyl (C=O) groups is 2. The number of amides is 2. The summed E-state index contributed by atoms with van der Waals surface area (Å²) in [6.45, 7) is 3.72. The van der Waals surface area contributed by atoms with Gasteiger partial charge in [-0.2, -0.15) is 0 Å². The highest BCUT2D eigenvalue weighted by Gasteiger charge is 2.31. The van der Waals surface area contributed by atoms with Crippen molar-refractivity contribution in [2.24, 2.45) is 5.73 Å². The smallest absolute Gasteiger partial charge is 0.264 e. The second-order valence-corrected chi connectivity index (χ2v) is 8.64. The van der Waals surface area contributed by atoms with Gasteiger partial charge in [-0.15, -0.1) is 11.3 Å². The van der Waals surface area contributed by atoms with Gasteiger partial charge in [0.15, 0.2) is 0 Å². The van der Waals surface area contributed by atoms with Gasteiger partial charge < -0.3 is 20.3 Å². The summed E-state index contributed by atoms with van der Waals surface area (Å²) in [5.41, 5.74) is 7.63. The number of benzene rings is 1. The highest BCUT2D eigenvalue weighted by atomic mass is 32.1. The molecule has 29 heavy (non-hydrogen) atoms. The van der Waals surface area contributed by atoms with Gasteiger partial charge in [0.1, 0.15) is 0 Å². The number of likely N-dealkylation sites (tertiary alicyclic amines) is 1. The van der Waals surface area contributed by atoms with Gasteiger partial charge in [-0.1, -0.05) is 30.3 Å². The largest absolute Gasteiger partial charge is 0.378 e. The van der Waals surface area contributed by atoms with Crippen LogP contribution in [0.5, 0.6) is 0 Å². The minimum Gasteiger partial charge on any atom is -0.378 e. The fraction of sp³-hybridized carbons (Fsp3) is 0.455. The van der Waals surface area contributed by atoms with Crippen LogP contribution in [-0.4, -0.2) is 55.6 Å². The van der Waals surface area contributed by atoms with Crippen molar-refractivity contribution in [1.82, 2.24) is 4.90 Å². The van der Waals surface area contributed by atoms with Gasteiger partial charge in [0, 0.05) is 37.7 Å². The van der Waals surface area contributed by atoms with Crippen LogP contribution in [0, 0.1) is 0 Å². The Morgan fingerprint density at radius 3 is 2.59 bits per heavy atom. The van der Waals surface area contributed by atoms with Crippen LogP contribution in [-0.2, 0) is 9.53 Å². The standard InChI is InChI=1S/C22H27N3O3S/c23-20(26)14-17-8-4-5-9-25(17)21(27)19-15-18(16-6-2-1-3-7-16)22(29-19)24-10-12-28-13-11-24/h1-3,6-7,15,17H,4-5,8-14H2,(H2,23,26)/t17-/m1/s1. The lowest BCUT2D eigenvalue weighted by molar-refractivity contribution is -0.119. The van der Waals surface area contributed by atoms with Crippen molar-refractivity contribution in [2.45, 2.75) is 31.7 Å². The summed E-state index contributed by atoms with van der Waals surface area (Å²) >= 11 is 1.55. The Kier molecular flexibility index (Phi) is 6.16. The summed E-state index contributed by atoms with van der Waals surface area (Å²) in [4.78, 5) is 29.8. The molecule has 7 heteroatoms. The second-order valence-electron chi connectivity index (χ2n) is 7.61. The van der Waals surface area contributed by atoms with Gasteiger partial charge in [-0.05, 0) is 30.9 Å². The molecule has 0 saturated carbocycles. The number of ether oxygens (including phenoxy) is 1. The van der Waals surface area contributed by atoms with Crippen LogP contribution < -0.4 is 10.6 Å². The van der Waals surface area contributed by atoms with E-state index in [2.05, 4.69) is 17.0 Å². The quantitative estimate of drug-likeness (QED) is 0.817. The van der Waals surface area contributed by atoms with Crippen LogP contribution >= 0.6 is 11.3 Å². The summed E-state index contributed by atoms with van der Waals surface area (Å²) in [6, 6.07) is 12.1. The number of nitrogens with zero attached hydrogens (tertiary/aromatic N) is 2. The third kappa shape index (κ3) is 4.46. The predicted molar refractivity (Wildman–Crippen MR) is 115 cm³/mol. The number of rotatable bonds is 5. The summed E-state index contributed by atoms with van der Waals surface area (Å²) < 4.78 is 5.51. The third-order valence-corrected chi connectivity index (χ3v) is 6.82. The Labute approximate surface area is 175 Å². The lowest BCUT2D eigenvalue weighted by Crippen LogP contribution is -2.45. The molecule has 1 aromatic heterocycles. The Bertz CT molecular complexity index is 861. The molecule has 1 atom stereocenters. The predicted octanol–water partition coefficient (Wildman–Crippen LogP) is 3.12. The van der Waals surface area contributed by atoms with E-state index in [1.165, 1.54) is 0 Å². The van der Waals surface area contributed by atoms with Crippen LogP contribution in [0.2, 0.25) is 0 Å². The van der Waals surface area contributed by atoms with Crippen molar-refractivity contribution in [1.29, 1.82) is 0 Å². The van der Waals surface area contributed by atoms with Crippen LogP contribution in [0.25, 0.3) is 11.1 Å². The first-order valence-corrected chi connectivity index (χ1v) is 11.1. The van der Waals surface area contributed by atoms with Gasteiger partial charge >= 0.3 is 0 Å². The first-order chi connectivity index (χ1) is 14.1. The maximum absolute atomic E-state index is 13.4. The molecule has 2 aliphatic heterocycles. The van der Waals surface area contributed by atoms with Crippen LogP contribution in [0.4, 0.5) is 5.00 Å². The molecular weight excluding hydrogens is 386 g/mol. The van der Waals surface area contributed by atoms with E-state index in [0.29, 0.717) is 19.8 Å². The number of morpholine rings is 1. The van der Waals surface area contributed by atoms with E-state index in [1.807, 2.05) is 29.2 Å². The molecule has 2 aliphatic rings. The topological polar surface area (TPSA) is 75.9 Å². The minimum atomic E-state index is -0.347. The molecule has 3 heterocycles. The van der Waals surface area contributed by atoms with Gasteiger partial charge in [0.05, 0.1) is 23.1 Å². The Balaban J connectivity index is 1.67. The maximum atomic E-state index is 13.4. The zero-order chi connectivity index (χ0) is 20.2. The number of thiophene rings is 1. The van der Waals surface area contributed by atoms with Gasteiger partial charge in [-0.25, -0.2) is 0 Å². The fourth-order valence-electron chi connectivity index (χ4n) is 4.17. The second kappa shape index (κ2) is 8.97. The summed E-state index contributed by atoms with van der Waals surface area (Å²) in [5.74, 6) is -0.336. The van der Waals surface area contributed by atoms with Crippen molar-refractivity contribution in [3.63, 3.8) is 0 Å². The van der Waals surface area contributed by atoms with Gasteiger partial charge in [0.25, 0.3) is 5.91 Å². The van der Waals surface area contributed by atoms with E-state index in [0.717, 1.165) is 53.4 Å². The van der Waals surface area contributed by atoms with Crippen LogP contribution in [0.15, 0.2) is 36.4 Å². The normalized spacial score (nSPS) is 19.9. The number of piperidine rings is 1. The minimum absolute atomic E-state index is 0.0117. The summed E-state index contributed by atoms with van der Waals surface area (Å²) in [7, 11) is 0. The van der Waals surface area contributed by atoms with Crippen molar-refractivity contribution < 1.29 is 14.3 Å². The number of carbonyl (C=O) groups excluding carboxylic acids is 2. The van der Waals surface area contributed by atoms with Crippen molar-refractivity contribution in [2.75, 3.05) is 37.7 Å². The lowest BCUT2D eigenvalue weighted by Gasteiger charge is -2.35. The molecule has 2 saturated heterocycles. The summed E-state index contributed by atoms with van der Waals surface area (Å²) in [5, 5.41) is 1.12. The van der Waals surface area contributed by atoms with E-state index < -0.39 is 0 Å². The Hall–Kier alpha value is -2.38. The maximum Gasteiger partial charge on any atom is 0.264 e. The average Bonchev–Trinajstić information content (AvgIpc) is 3.20. The first kappa shape index (κ1) is 19.9. The lowest BCUT2D eigenvalue weighted by atomic mass is 9.98. The van der Waals surface area contributed by atoms with Crippen molar-refractivity contribution in [3.05, 3.63) is 41.3 Å². The molecule has 2 aromatic rings. The fourth-order valence-corrected chi connectivity index (χ4v) is 5.35. The van der Waals surface area contributed by atoms with Crippen LogP contribution in [0.1, 0.15) is 35.4 Å². The first-order valence-electron chi connectivity index (χ1n) is 10.2. The van der Waals surface area contributed by atoms with Gasteiger partial charge in [-0.3, -0.25) is 9.59 Å². The molecule has 2 N–H and O–H groups in total. The van der Waals surface area contributed by atoms with E-state index >= 15 is 0 Å². The molecule has 2 fully saturated rings. The summed E-state index contributed by atoms with van der Waals surface area (Å²) in [6.07, 6.45) is 3.07. The number of hydrogen-bond acceptors (Lipinski definition) is 5. The Morgan fingerprint density at radius 1 is 1.10 bits per heavy atom. The van der Waals surface area contributed by atoms with Crippen LogP contribution in [0.3, 0.4) is 0 Å². The number of primary amides is 1. The third-order valence-electron chi connectivity index (χ3n) is 5.63. The average molecular weight is 414 g/mol. The molecule has 0 aliphatic carbocycles. The number of hydrogen-bond donors (Lipinski definition) is 1. The zero-order valence-electron chi connectivity index (χ0n) is 16.5. The number of nitrogens with two attached hydrogens (primary N) is 1. The molecule has 4 rings (SSSR count). The molecule has 0 radical (unpaired) electrons. The highest BCUT2D eigenvalue weighted by molar-refractivity contribution is 7.18. The van der Waals surface area contributed by atoms with Gasteiger partial charge in [0.2, 0.25) is 5.91 Å². The molecular formula is C22H27N3O3S. The zero-order valence-corrected chi connectivity index (χ0v) is 17.3. The van der Waals surface area contributed by atoms with E-state index in [4.69, 9.17) is 10.5 Å². The highest BCUT2D eigenvalue weighted by Crippen LogP contribution is 2.40. The molecule has 0 spiro atoms. The monoisotopic (exact) mass is 413 g/mol. The van der Waals surface area contributed by atoms with E-state index in [9.17, 15) is 9.59 Å².